The van der Waals surface area contributed by atoms with Crippen molar-refractivity contribution in [2.24, 2.45) is 4.99 Å². The van der Waals surface area contributed by atoms with Crippen LogP contribution in [0.5, 0.6) is 0 Å². The number of benzene rings is 1. The van der Waals surface area contributed by atoms with Gasteiger partial charge in [0.05, 0.1) is 23.7 Å². The highest BCUT2D eigenvalue weighted by molar-refractivity contribution is 8.14. The zero-order valence-corrected chi connectivity index (χ0v) is 10.8. The molecule has 0 N–H and O–H groups in total. The average Bonchev–Trinajstić information content (AvgIpc) is 2.86. The van der Waals surface area contributed by atoms with Crippen LogP contribution in [0.1, 0.15) is 29.3 Å². The van der Waals surface area contributed by atoms with Gasteiger partial charge in [0.25, 0.3) is 5.91 Å². The topological polar surface area (TPSA) is 67.3 Å². The Morgan fingerprint density at radius 1 is 1.61 bits per heavy atom. The third kappa shape index (κ3) is 2.71. The molecular weight excluding hydrogens is 246 g/mol. The molecule has 0 aromatic heterocycles. The molecule has 1 fully saturated rings. The van der Waals surface area contributed by atoms with Gasteiger partial charge in [-0.3, -0.25) is 10.1 Å². The van der Waals surface area contributed by atoms with Crippen LogP contribution in [0.3, 0.4) is 0 Å². The number of amidine groups is 1. The normalized spacial score (nSPS) is 20.4. The van der Waals surface area contributed by atoms with Gasteiger partial charge in [0, 0.05) is 5.25 Å². The summed E-state index contributed by atoms with van der Waals surface area (Å²) in [6.45, 7) is 2.80. The van der Waals surface area contributed by atoms with Crippen LogP contribution < -0.4 is 5.32 Å². The Morgan fingerprint density at radius 3 is 3.06 bits per heavy atom. The van der Waals surface area contributed by atoms with Crippen LogP contribution in [0.15, 0.2) is 29.3 Å². The zero-order valence-electron chi connectivity index (χ0n) is 9.96. The van der Waals surface area contributed by atoms with Gasteiger partial charge in [0.2, 0.25) is 0 Å². The molecule has 1 radical (unpaired) electrons. The summed E-state index contributed by atoms with van der Waals surface area (Å²) < 4.78 is 0. The highest BCUT2D eigenvalue weighted by Crippen LogP contribution is 2.22. The Kier molecular flexibility index (Phi) is 4.00. The molecule has 2 rings (SSSR count). The quantitative estimate of drug-likeness (QED) is 0.816. The maximum Gasteiger partial charge on any atom is 0.280 e. The van der Waals surface area contributed by atoms with Crippen molar-refractivity contribution in [3.8, 4) is 6.07 Å². The van der Waals surface area contributed by atoms with Gasteiger partial charge in [-0.1, -0.05) is 30.8 Å². The molecule has 1 aliphatic heterocycles. The highest BCUT2D eigenvalue weighted by atomic mass is 32.2. The van der Waals surface area contributed by atoms with E-state index in [1.54, 1.807) is 24.3 Å². The largest absolute Gasteiger partial charge is 0.280 e. The number of nitriles is 1. The first-order valence-corrected chi connectivity index (χ1v) is 6.59. The second-order valence-corrected chi connectivity index (χ2v) is 5.11. The molecule has 1 aliphatic rings. The molecule has 1 aromatic rings. The van der Waals surface area contributed by atoms with Gasteiger partial charge in [-0.05, 0) is 18.6 Å². The maximum atomic E-state index is 12.0. The number of amides is 1. The second-order valence-electron chi connectivity index (χ2n) is 3.85. The smallest absolute Gasteiger partial charge is 0.267 e. The fraction of sp³-hybridized carbons (Fsp3) is 0.308. The molecule has 1 saturated heterocycles. The molecule has 1 heterocycles. The molecule has 0 saturated carbocycles. The van der Waals surface area contributed by atoms with Crippen molar-refractivity contribution in [1.82, 2.24) is 5.32 Å². The fourth-order valence-corrected chi connectivity index (χ4v) is 2.49. The summed E-state index contributed by atoms with van der Waals surface area (Å²) in [4.78, 5) is 15.9. The summed E-state index contributed by atoms with van der Waals surface area (Å²) >= 11 is 1.53. The van der Waals surface area contributed by atoms with E-state index in [2.05, 4.69) is 17.2 Å². The molecule has 0 aliphatic carbocycles. The number of hydrogen-bond donors (Lipinski definition) is 0. The van der Waals surface area contributed by atoms with Gasteiger partial charge >= 0.3 is 0 Å². The molecule has 1 aromatic carbocycles. The summed E-state index contributed by atoms with van der Waals surface area (Å²) in [6.07, 6.45) is 1.01. The van der Waals surface area contributed by atoms with E-state index in [-0.39, 0.29) is 0 Å². The third-order valence-electron chi connectivity index (χ3n) is 2.63. The number of aliphatic imine (C=N–C) groups is 1. The van der Waals surface area contributed by atoms with E-state index in [0.717, 1.165) is 6.42 Å². The maximum absolute atomic E-state index is 12.0. The van der Waals surface area contributed by atoms with E-state index in [1.807, 2.05) is 6.07 Å². The second kappa shape index (κ2) is 5.69. The van der Waals surface area contributed by atoms with Gasteiger partial charge < -0.3 is 0 Å². The Balaban J connectivity index is 2.18. The lowest BCUT2D eigenvalue weighted by molar-refractivity contribution is 0.100. The van der Waals surface area contributed by atoms with Crippen LogP contribution in [0.2, 0.25) is 0 Å². The van der Waals surface area contributed by atoms with E-state index in [0.29, 0.717) is 28.1 Å². The Hall–Kier alpha value is -1.80. The van der Waals surface area contributed by atoms with Crippen molar-refractivity contribution in [3.05, 3.63) is 35.4 Å². The van der Waals surface area contributed by atoms with Crippen molar-refractivity contribution >= 4 is 22.8 Å². The zero-order chi connectivity index (χ0) is 13.0. The summed E-state index contributed by atoms with van der Waals surface area (Å²) in [6, 6.07) is 8.67. The number of rotatable bonds is 2. The summed E-state index contributed by atoms with van der Waals surface area (Å²) in [7, 11) is 0. The number of nitrogens with zero attached hydrogens (tertiary/aromatic N) is 3. The van der Waals surface area contributed by atoms with Crippen LogP contribution in [0.4, 0.5) is 0 Å². The predicted molar refractivity (Wildman–Crippen MR) is 71.6 cm³/mol. The highest BCUT2D eigenvalue weighted by Gasteiger charge is 2.22. The molecule has 1 amide bonds. The SMILES string of the molecule is CCC1C[N]C(=NC(=O)c2ccccc2C#N)S1. The standard InChI is InChI=1S/C13H12N3OS/c1-2-10-8-15-13(18-10)16-12(17)11-6-4-3-5-9(11)7-14/h3-6,10H,2,8H2,1H3. The Morgan fingerprint density at radius 2 is 2.39 bits per heavy atom. The van der Waals surface area contributed by atoms with Crippen LogP contribution in [0, 0.1) is 11.3 Å². The number of carbonyl (C=O) groups is 1. The average molecular weight is 258 g/mol. The number of thioether (sulfide) groups is 1. The van der Waals surface area contributed by atoms with Gasteiger partial charge in [-0.2, -0.15) is 10.3 Å². The fourth-order valence-electron chi connectivity index (χ4n) is 1.59. The Bertz CT molecular complexity index is 533. The molecular formula is C13H12N3OS. The first kappa shape index (κ1) is 12.7. The van der Waals surface area contributed by atoms with E-state index < -0.39 is 5.91 Å². The van der Waals surface area contributed by atoms with Crippen molar-refractivity contribution in [1.29, 1.82) is 5.26 Å². The van der Waals surface area contributed by atoms with Crippen molar-refractivity contribution in [2.45, 2.75) is 18.6 Å². The minimum atomic E-state index is -0.393. The lowest BCUT2D eigenvalue weighted by atomic mass is 10.1. The van der Waals surface area contributed by atoms with Crippen LogP contribution in [-0.2, 0) is 0 Å². The first-order chi connectivity index (χ1) is 8.74. The van der Waals surface area contributed by atoms with Gasteiger partial charge in [0.15, 0.2) is 5.17 Å². The van der Waals surface area contributed by atoms with Crippen molar-refractivity contribution in [2.75, 3.05) is 6.54 Å². The van der Waals surface area contributed by atoms with Crippen LogP contribution >= 0.6 is 11.8 Å². The van der Waals surface area contributed by atoms with E-state index in [9.17, 15) is 4.79 Å². The lowest BCUT2D eigenvalue weighted by Crippen LogP contribution is -2.09. The minimum Gasteiger partial charge on any atom is -0.267 e. The van der Waals surface area contributed by atoms with Gasteiger partial charge in [-0.15, -0.1) is 0 Å². The summed E-state index contributed by atoms with van der Waals surface area (Å²) in [5.41, 5.74) is 0.685. The minimum absolute atomic E-state index is 0.336. The number of hydrogen-bond acceptors (Lipinski definition) is 3. The van der Waals surface area contributed by atoms with E-state index >= 15 is 0 Å². The van der Waals surface area contributed by atoms with Crippen molar-refractivity contribution < 1.29 is 4.79 Å². The molecule has 91 valence electrons. The molecule has 18 heavy (non-hydrogen) atoms. The molecule has 0 spiro atoms. The van der Waals surface area contributed by atoms with Crippen LogP contribution in [-0.4, -0.2) is 22.9 Å². The van der Waals surface area contributed by atoms with E-state index in [4.69, 9.17) is 5.26 Å². The molecule has 1 atom stereocenters. The monoisotopic (exact) mass is 258 g/mol. The number of carbonyl (C=O) groups excluding carboxylic acids is 1. The molecule has 4 nitrogen and oxygen atoms in total. The molecule has 5 heteroatoms. The lowest BCUT2D eigenvalue weighted by Gasteiger charge is -1.99. The third-order valence-corrected chi connectivity index (χ3v) is 3.88. The predicted octanol–water partition coefficient (Wildman–Crippen LogP) is 2.18. The van der Waals surface area contributed by atoms with Crippen LogP contribution in [0.25, 0.3) is 0 Å². The van der Waals surface area contributed by atoms with Crippen molar-refractivity contribution in [3.63, 3.8) is 0 Å². The molecule has 1 unspecified atom stereocenters. The van der Waals surface area contributed by atoms with Gasteiger partial charge in [-0.25, -0.2) is 0 Å². The first-order valence-electron chi connectivity index (χ1n) is 5.71. The Labute approximate surface area is 110 Å². The summed E-state index contributed by atoms with van der Waals surface area (Å²) in [5, 5.41) is 14.1. The van der Waals surface area contributed by atoms with E-state index in [1.165, 1.54) is 11.8 Å². The van der Waals surface area contributed by atoms with Gasteiger partial charge in [0.1, 0.15) is 0 Å². The molecule has 0 bridgehead atoms. The summed E-state index contributed by atoms with van der Waals surface area (Å²) in [5.74, 6) is -0.393.